The smallest absolute Gasteiger partial charge is 0.0914 e. The molecule has 0 aromatic heterocycles. The highest BCUT2D eigenvalue weighted by Crippen LogP contribution is 2.39. The first-order chi connectivity index (χ1) is 10.2. The fourth-order valence-corrected chi connectivity index (χ4v) is 2.61. The molecular weight excluding hydrogens is 282 g/mol. The highest BCUT2D eigenvalue weighted by Gasteiger charge is 2.22. The summed E-state index contributed by atoms with van der Waals surface area (Å²) in [4.78, 5) is 0. The zero-order valence-electron chi connectivity index (χ0n) is 11.9. The van der Waals surface area contributed by atoms with Crippen LogP contribution in [-0.4, -0.2) is 11.7 Å². The van der Waals surface area contributed by atoms with Crippen molar-refractivity contribution in [2.75, 3.05) is 6.54 Å². The van der Waals surface area contributed by atoms with Crippen molar-refractivity contribution in [2.24, 2.45) is 0 Å². The Morgan fingerprint density at radius 2 is 1.71 bits per heavy atom. The van der Waals surface area contributed by atoms with E-state index in [0.29, 0.717) is 11.6 Å². The minimum atomic E-state index is -0.506. The van der Waals surface area contributed by atoms with Gasteiger partial charge in [0.2, 0.25) is 0 Å². The fraction of sp³-hybridized carbons (Fsp3) is 0.333. The third-order valence-corrected chi connectivity index (χ3v) is 4.20. The van der Waals surface area contributed by atoms with Crippen LogP contribution in [0.3, 0.4) is 0 Å². The van der Waals surface area contributed by atoms with E-state index < -0.39 is 6.10 Å². The molecule has 0 radical (unpaired) electrons. The predicted molar refractivity (Wildman–Crippen MR) is 86.5 cm³/mol. The van der Waals surface area contributed by atoms with Crippen LogP contribution < -0.4 is 5.32 Å². The Bertz CT molecular complexity index is 575. The molecular formula is C18H20ClNO. The van der Waals surface area contributed by atoms with Crippen LogP contribution in [0, 0.1) is 0 Å². The van der Waals surface area contributed by atoms with Gasteiger partial charge in [0.05, 0.1) is 6.10 Å². The van der Waals surface area contributed by atoms with Gasteiger partial charge < -0.3 is 10.4 Å². The molecule has 21 heavy (non-hydrogen) atoms. The molecule has 1 saturated carbocycles. The van der Waals surface area contributed by atoms with Crippen molar-refractivity contribution >= 4 is 11.6 Å². The van der Waals surface area contributed by atoms with Crippen LogP contribution in [-0.2, 0) is 6.54 Å². The van der Waals surface area contributed by atoms with Gasteiger partial charge in [-0.05, 0) is 47.6 Å². The van der Waals surface area contributed by atoms with Crippen molar-refractivity contribution in [3.8, 4) is 0 Å². The summed E-state index contributed by atoms with van der Waals surface area (Å²) in [6.07, 6.45) is 2.17. The van der Waals surface area contributed by atoms with Crippen molar-refractivity contribution in [3.05, 3.63) is 70.2 Å². The van der Waals surface area contributed by atoms with E-state index in [2.05, 4.69) is 29.6 Å². The number of benzene rings is 2. The van der Waals surface area contributed by atoms with Gasteiger partial charge in [-0.25, -0.2) is 0 Å². The minimum Gasteiger partial charge on any atom is -0.387 e. The Morgan fingerprint density at radius 3 is 2.33 bits per heavy atom. The maximum atomic E-state index is 10.1. The molecule has 0 bridgehead atoms. The number of halogens is 1. The normalized spacial score (nSPS) is 15.9. The molecule has 2 aromatic carbocycles. The lowest BCUT2D eigenvalue weighted by Crippen LogP contribution is -2.21. The highest BCUT2D eigenvalue weighted by atomic mass is 35.5. The molecule has 0 unspecified atom stereocenters. The lowest BCUT2D eigenvalue weighted by atomic mass is 10.1. The molecule has 3 rings (SSSR count). The average molecular weight is 302 g/mol. The van der Waals surface area contributed by atoms with E-state index >= 15 is 0 Å². The van der Waals surface area contributed by atoms with Crippen LogP contribution in [0.4, 0.5) is 0 Å². The van der Waals surface area contributed by atoms with Gasteiger partial charge in [0, 0.05) is 18.1 Å². The van der Waals surface area contributed by atoms with Gasteiger partial charge in [0.15, 0.2) is 0 Å². The molecule has 110 valence electrons. The summed E-state index contributed by atoms with van der Waals surface area (Å²) in [6, 6.07) is 16.1. The van der Waals surface area contributed by atoms with Gasteiger partial charge in [0.1, 0.15) is 0 Å². The maximum Gasteiger partial charge on any atom is 0.0914 e. The Kier molecular flexibility index (Phi) is 4.59. The summed E-state index contributed by atoms with van der Waals surface area (Å²) in [5, 5.41) is 14.1. The van der Waals surface area contributed by atoms with Crippen LogP contribution in [0.25, 0.3) is 0 Å². The summed E-state index contributed by atoms with van der Waals surface area (Å²) >= 11 is 5.84. The van der Waals surface area contributed by atoms with E-state index in [1.165, 1.54) is 24.0 Å². The van der Waals surface area contributed by atoms with Crippen molar-refractivity contribution < 1.29 is 5.11 Å². The Hall–Kier alpha value is -1.35. The van der Waals surface area contributed by atoms with E-state index in [1.54, 1.807) is 12.1 Å². The highest BCUT2D eigenvalue weighted by molar-refractivity contribution is 6.30. The number of aliphatic hydroxyl groups excluding tert-OH is 1. The van der Waals surface area contributed by atoms with E-state index in [4.69, 9.17) is 11.6 Å². The summed E-state index contributed by atoms with van der Waals surface area (Å²) < 4.78 is 0. The number of nitrogens with one attached hydrogen (secondary N) is 1. The first-order valence-corrected chi connectivity index (χ1v) is 7.83. The first kappa shape index (κ1) is 14.6. The lowest BCUT2D eigenvalue weighted by molar-refractivity contribution is 0.174. The third-order valence-electron chi connectivity index (χ3n) is 3.95. The van der Waals surface area contributed by atoms with Gasteiger partial charge >= 0.3 is 0 Å². The average Bonchev–Trinajstić information content (AvgIpc) is 3.33. The molecule has 0 saturated heterocycles. The summed E-state index contributed by atoms with van der Waals surface area (Å²) in [5.74, 6) is 0.804. The lowest BCUT2D eigenvalue weighted by Gasteiger charge is -2.12. The van der Waals surface area contributed by atoms with Crippen molar-refractivity contribution in [3.63, 3.8) is 0 Å². The molecule has 0 aliphatic heterocycles. The first-order valence-electron chi connectivity index (χ1n) is 7.45. The molecule has 2 aromatic rings. The second-order valence-corrected chi connectivity index (χ2v) is 6.15. The third kappa shape index (κ3) is 4.07. The van der Waals surface area contributed by atoms with Crippen LogP contribution in [0.5, 0.6) is 0 Å². The second kappa shape index (κ2) is 6.61. The Morgan fingerprint density at radius 1 is 1.05 bits per heavy atom. The van der Waals surface area contributed by atoms with Gasteiger partial charge in [-0.1, -0.05) is 48.0 Å². The summed E-state index contributed by atoms with van der Waals surface area (Å²) in [5.41, 5.74) is 3.60. The van der Waals surface area contributed by atoms with Crippen molar-refractivity contribution in [2.45, 2.75) is 31.4 Å². The molecule has 0 heterocycles. The van der Waals surface area contributed by atoms with E-state index in [-0.39, 0.29) is 0 Å². The van der Waals surface area contributed by atoms with Crippen LogP contribution >= 0.6 is 11.6 Å². The van der Waals surface area contributed by atoms with Crippen molar-refractivity contribution in [1.82, 2.24) is 5.32 Å². The number of rotatable bonds is 6. The topological polar surface area (TPSA) is 32.3 Å². The molecule has 1 atom stereocenters. The summed E-state index contributed by atoms with van der Waals surface area (Å²) in [7, 11) is 0. The molecule has 0 amide bonds. The molecule has 2 nitrogen and oxygen atoms in total. The van der Waals surface area contributed by atoms with E-state index in [1.807, 2.05) is 12.1 Å². The quantitative estimate of drug-likeness (QED) is 0.844. The van der Waals surface area contributed by atoms with Crippen LogP contribution in [0.1, 0.15) is 41.6 Å². The van der Waals surface area contributed by atoms with E-state index in [0.717, 1.165) is 18.0 Å². The molecule has 2 N–H and O–H groups in total. The van der Waals surface area contributed by atoms with Gasteiger partial charge in [-0.3, -0.25) is 0 Å². The molecule has 1 aliphatic carbocycles. The molecule has 1 fully saturated rings. The van der Waals surface area contributed by atoms with Gasteiger partial charge in [0.25, 0.3) is 0 Å². The predicted octanol–water partition coefficient (Wildman–Crippen LogP) is 4.04. The second-order valence-electron chi connectivity index (χ2n) is 5.71. The van der Waals surface area contributed by atoms with Gasteiger partial charge in [-0.15, -0.1) is 0 Å². The van der Waals surface area contributed by atoms with Gasteiger partial charge in [-0.2, -0.15) is 0 Å². The Balaban J connectivity index is 1.47. The zero-order chi connectivity index (χ0) is 14.7. The molecule has 3 heteroatoms. The molecule has 0 spiro atoms. The Labute approximate surface area is 130 Å². The zero-order valence-corrected chi connectivity index (χ0v) is 12.7. The monoisotopic (exact) mass is 301 g/mol. The SMILES string of the molecule is O[C@H](CNCc1ccc(C2CC2)cc1)c1ccc(Cl)cc1. The number of hydrogen-bond acceptors (Lipinski definition) is 2. The maximum absolute atomic E-state index is 10.1. The number of aliphatic hydroxyl groups is 1. The number of hydrogen-bond donors (Lipinski definition) is 2. The van der Waals surface area contributed by atoms with Crippen LogP contribution in [0.2, 0.25) is 5.02 Å². The van der Waals surface area contributed by atoms with Crippen molar-refractivity contribution in [1.29, 1.82) is 0 Å². The fourth-order valence-electron chi connectivity index (χ4n) is 2.48. The standard InChI is InChI=1S/C18H20ClNO/c19-17-9-7-16(8-10-17)18(21)12-20-11-13-1-3-14(4-2-13)15-5-6-15/h1-4,7-10,15,18,20-21H,5-6,11-12H2/t18-/m1/s1. The van der Waals surface area contributed by atoms with E-state index in [9.17, 15) is 5.11 Å². The minimum absolute atomic E-state index is 0.506. The van der Waals surface area contributed by atoms with Crippen LogP contribution in [0.15, 0.2) is 48.5 Å². The molecule has 1 aliphatic rings. The largest absolute Gasteiger partial charge is 0.387 e. The summed E-state index contributed by atoms with van der Waals surface area (Å²) in [6.45, 7) is 1.31.